The van der Waals surface area contributed by atoms with Crippen molar-refractivity contribution < 1.29 is 4.74 Å². The van der Waals surface area contributed by atoms with Gasteiger partial charge < -0.3 is 15.5 Å². The molecule has 2 heterocycles. The van der Waals surface area contributed by atoms with E-state index in [9.17, 15) is 0 Å². The van der Waals surface area contributed by atoms with Gasteiger partial charge in [0.05, 0.1) is 13.2 Å². The number of rotatable bonds is 3. The predicted molar refractivity (Wildman–Crippen MR) is 64.5 cm³/mol. The van der Waals surface area contributed by atoms with E-state index in [-0.39, 0.29) is 5.41 Å². The Kier molecular flexibility index (Phi) is 2.23. The summed E-state index contributed by atoms with van der Waals surface area (Å²) in [6, 6.07) is 8.40. The minimum Gasteiger partial charge on any atom is -0.379 e. The third-order valence-electron chi connectivity index (χ3n) is 3.54. The van der Waals surface area contributed by atoms with E-state index in [1.54, 1.807) is 0 Å². The summed E-state index contributed by atoms with van der Waals surface area (Å²) >= 11 is 0. The highest BCUT2D eigenvalue weighted by Gasteiger charge is 2.41. The van der Waals surface area contributed by atoms with Gasteiger partial charge in [-0.15, -0.1) is 0 Å². The minimum atomic E-state index is 0.147. The molecule has 1 aromatic heterocycles. The first-order chi connectivity index (χ1) is 7.86. The maximum absolute atomic E-state index is 5.71. The number of hydrogen-bond acceptors (Lipinski definition) is 2. The Balaban J connectivity index is 2.10. The van der Waals surface area contributed by atoms with Gasteiger partial charge in [0.2, 0.25) is 0 Å². The number of fused-ring (bicyclic) bond motifs is 1. The summed E-state index contributed by atoms with van der Waals surface area (Å²) in [5.74, 6) is 0. The third kappa shape index (κ3) is 1.29. The molecule has 0 saturated carbocycles. The number of para-hydroxylation sites is 1. The molecule has 0 unspecified atom stereocenters. The first kappa shape index (κ1) is 9.87. The lowest BCUT2D eigenvalue weighted by atomic mass is 9.76. The zero-order chi connectivity index (χ0) is 11.0. The standard InChI is InChI=1S/C13H16N2O/c14-6-5-13(8-16-9-13)11-7-15-12-4-2-1-3-10(11)12/h1-4,7,15H,5-6,8-9,14H2. The molecule has 0 bridgehead atoms. The van der Waals surface area contributed by atoms with Crippen molar-refractivity contribution in [3.05, 3.63) is 36.0 Å². The van der Waals surface area contributed by atoms with E-state index in [1.807, 2.05) is 0 Å². The molecular formula is C13H16N2O. The first-order valence-corrected chi connectivity index (χ1v) is 5.70. The normalized spacial score (nSPS) is 18.6. The quantitative estimate of drug-likeness (QED) is 0.821. The average Bonchev–Trinajstić information content (AvgIpc) is 2.68. The van der Waals surface area contributed by atoms with Crippen LogP contribution in [0.1, 0.15) is 12.0 Å². The second-order valence-corrected chi connectivity index (χ2v) is 4.56. The van der Waals surface area contributed by atoms with Crippen molar-refractivity contribution in [2.24, 2.45) is 5.73 Å². The van der Waals surface area contributed by atoms with Crippen LogP contribution < -0.4 is 5.73 Å². The van der Waals surface area contributed by atoms with Gasteiger partial charge >= 0.3 is 0 Å². The van der Waals surface area contributed by atoms with E-state index in [1.165, 1.54) is 16.5 Å². The van der Waals surface area contributed by atoms with Crippen LogP contribution in [-0.2, 0) is 10.2 Å². The lowest BCUT2D eigenvalue weighted by molar-refractivity contribution is -0.0623. The maximum Gasteiger partial charge on any atom is 0.0586 e. The van der Waals surface area contributed by atoms with Crippen LogP contribution in [-0.4, -0.2) is 24.7 Å². The summed E-state index contributed by atoms with van der Waals surface area (Å²) in [6.07, 6.45) is 3.11. The lowest BCUT2D eigenvalue weighted by Gasteiger charge is -2.41. The Labute approximate surface area is 94.6 Å². The Hall–Kier alpha value is -1.32. The zero-order valence-corrected chi connectivity index (χ0v) is 9.20. The molecule has 3 N–H and O–H groups in total. The molecule has 16 heavy (non-hydrogen) atoms. The van der Waals surface area contributed by atoms with E-state index in [0.29, 0.717) is 6.54 Å². The molecule has 0 radical (unpaired) electrons. The number of nitrogens with two attached hydrogens (primary N) is 1. The van der Waals surface area contributed by atoms with Crippen molar-refractivity contribution in [2.75, 3.05) is 19.8 Å². The van der Waals surface area contributed by atoms with Crippen LogP contribution in [0.3, 0.4) is 0 Å². The van der Waals surface area contributed by atoms with Gasteiger partial charge in [0.25, 0.3) is 0 Å². The highest BCUT2D eigenvalue weighted by atomic mass is 16.5. The summed E-state index contributed by atoms with van der Waals surface area (Å²) in [5, 5.41) is 1.30. The summed E-state index contributed by atoms with van der Waals surface area (Å²) in [4.78, 5) is 3.32. The number of H-pyrrole nitrogens is 1. The number of nitrogens with one attached hydrogen (secondary N) is 1. The van der Waals surface area contributed by atoms with E-state index < -0.39 is 0 Å². The monoisotopic (exact) mass is 216 g/mol. The highest BCUT2D eigenvalue weighted by molar-refractivity contribution is 5.84. The number of ether oxygens (including phenoxy) is 1. The number of aromatic nitrogens is 1. The van der Waals surface area contributed by atoms with E-state index >= 15 is 0 Å². The molecule has 84 valence electrons. The van der Waals surface area contributed by atoms with Crippen molar-refractivity contribution in [1.29, 1.82) is 0 Å². The van der Waals surface area contributed by atoms with Gasteiger partial charge in [-0.2, -0.15) is 0 Å². The Bertz CT molecular complexity index is 499. The second kappa shape index (κ2) is 3.61. The van der Waals surface area contributed by atoms with Crippen LogP contribution in [0.4, 0.5) is 0 Å². The van der Waals surface area contributed by atoms with Crippen LogP contribution in [0, 0.1) is 0 Å². The van der Waals surface area contributed by atoms with Gasteiger partial charge in [0.15, 0.2) is 0 Å². The largest absolute Gasteiger partial charge is 0.379 e. The van der Waals surface area contributed by atoms with E-state index in [4.69, 9.17) is 10.5 Å². The molecular weight excluding hydrogens is 200 g/mol. The molecule has 3 rings (SSSR count). The van der Waals surface area contributed by atoms with Crippen LogP contribution in [0.15, 0.2) is 30.5 Å². The van der Waals surface area contributed by atoms with Crippen LogP contribution in [0.25, 0.3) is 10.9 Å². The molecule has 0 spiro atoms. The van der Waals surface area contributed by atoms with Crippen LogP contribution in [0.5, 0.6) is 0 Å². The van der Waals surface area contributed by atoms with Gasteiger partial charge in [-0.3, -0.25) is 0 Å². The summed E-state index contributed by atoms with van der Waals surface area (Å²) in [5.41, 5.74) is 8.41. The van der Waals surface area contributed by atoms with Gasteiger partial charge in [0, 0.05) is 22.5 Å². The van der Waals surface area contributed by atoms with Crippen molar-refractivity contribution in [1.82, 2.24) is 4.98 Å². The Morgan fingerprint density at radius 2 is 2.12 bits per heavy atom. The van der Waals surface area contributed by atoms with E-state index in [0.717, 1.165) is 19.6 Å². The molecule has 1 aromatic carbocycles. The minimum absolute atomic E-state index is 0.147. The zero-order valence-electron chi connectivity index (χ0n) is 9.20. The van der Waals surface area contributed by atoms with Gasteiger partial charge in [-0.1, -0.05) is 18.2 Å². The third-order valence-corrected chi connectivity index (χ3v) is 3.54. The van der Waals surface area contributed by atoms with Gasteiger partial charge in [0.1, 0.15) is 0 Å². The predicted octanol–water partition coefficient (Wildman–Crippen LogP) is 1.78. The molecule has 3 heteroatoms. The molecule has 1 aliphatic heterocycles. The number of hydrogen-bond donors (Lipinski definition) is 2. The topological polar surface area (TPSA) is 51.0 Å². The highest BCUT2D eigenvalue weighted by Crippen LogP contribution is 2.39. The van der Waals surface area contributed by atoms with Crippen LogP contribution >= 0.6 is 0 Å². The second-order valence-electron chi connectivity index (χ2n) is 4.56. The van der Waals surface area contributed by atoms with Crippen molar-refractivity contribution in [2.45, 2.75) is 11.8 Å². The Morgan fingerprint density at radius 3 is 2.81 bits per heavy atom. The maximum atomic E-state index is 5.71. The average molecular weight is 216 g/mol. The Morgan fingerprint density at radius 1 is 1.31 bits per heavy atom. The fourth-order valence-electron chi connectivity index (χ4n) is 2.57. The smallest absolute Gasteiger partial charge is 0.0586 e. The van der Waals surface area contributed by atoms with Gasteiger partial charge in [-0.05, 0) is 24.6 Å². The molecule has 0 aliphatic carbocycles. The first-order valence-electron chi connectivity index (χ1n) is 5.70. The van der Waals surface area contributed by atoms with E-state index in [2.05, 4.69) is 35.4 Å². The SMILES string of the molecule is NCCC1(c2c[nH]c3ccccc23)COC1. The number of benzene rings is 1. The molecule has 3 nitrogen and oxygen atoms in total. The molecule has 0 atom stereocenters. The molecule has 2 aromatic rings. The summed E-state index contributed by atoms with van der Waals surface area (Å²) < 4.78 is 5.39. The summed E-state index contributed by atoms with van der Waals surface area (Å²) in [7, 11) is 0. The van der Waals surface area contributed by atoms with Crippen molar-refractivity contribution >= 4 is 10.9 Å². The fourth-order valence-corrected chi connectivity index (χ4v) is 2.57. The van der Waals surface area contributed by atoms with Crippen molar-refractivity contribution in [3.63, 3.8) is 0 Å². The molecule has 1 saturated heterocycles. The molecule has 1 fully saturated rings. The fraction of sp³-hybridized carbons (Fsp3) is 0.385. The van der Waals surface area contributed by atoms with Crippen LogP contribution in [0.2, 0.25) is 0 Å². The van der Waals surface area contributed by atoms with Gasteiger partial charge in [-0.25, -0.2) is 0 Å². The van der Waals surface area contributed by atoms with Crippen molar-refractivity contribution in [3.8, 4) is 0 Å². The summed E-state index contributed by atoms with van der Waals surface area (Å²) in [6.45, 7) is 2.31. The molecule has 0 amide bonds. The lowest BCUT2D eigenvalue weighted by Crippen LogP contribution is -2.47. The molecule has 1 aliphatic rings. The number of aromatic amines is 1.